The summed E-state index contributed by atoms with van der Waals surface area (Å²) in [5.41, 5.74) is 1.12. The SMILES string of the molecule is CCCCCCCOc1ccc(Cl)cc1CBr. The van der Waals surface area contributed by atoms with E-state index in [2.05, 4.69) is 22.9 Å². The predicted octanol–water partition coefficient (Wildman–Crippen LogP) is 5.58. The maximum absolute atomic E-state index is 5.94. The van der Waals surface area contributed by atoms with Crippen LogP contribution in [0, 0.1) is 0 Å². The number of alkyl halides is 1. The topological polar surface area (TPSA) is 9.23 Å². The highest BCUT2D eigenvalue weighted by Crippen LogP contribution is 2.25. The number of ether oxygens (including phenoxy) is 1. The second kappa shape index (κ2) is 8.82. The molecule has 0 radical (unpaired) electrons. The van der Waals surface area contributed by atoms with Crippen molar-refractivity contribution in [3.05, 3.63) is 28.8 Å². The molecule has 1 rings (SSSR count). The molecule has 17 heavy (non-hydrogen) atoms. The second-order valence-corrected chi connectivity index (χ2v) is 5.15. The number of rotatable bonds is 8. The molecule has 0 saturated carbocycles. The number of unbranched alkanes of at least 4 members (excludes halogenated alkanes) is 4. The summed E-state index contributed by atoms with van der Waals surface area (Å²) in [6.07, 6.45) is 6.31. The van der Waals surface area contributed by atoms with E-state index in [1.807, 2.05) is 18.2 Å². The highest BCUT2D eigenvalue weighted by Gasteiger charge is 2.03. The lowest BCUT2D eigenvalue weighted by Crippen LogP contribution is -1.99. The summed E-state index contributed by atoms with van der Waals surface area (Å²) in [5, 5.41) is 1.54. The van der Waals surface area contributed by atoms with Crippen LogP contribution in [0.3, 0.4) is 0 Å². The van der Waals surface area contributed by atoms with Crippen molar-refractivity contribution in [1.82, 2.24) is 0 Å². The first-order valence-corrected chi connectivity index (χ1v) is 7.75. The van der Waals surface area contributed by atoms with E-state index in [1.54, 1.807) is 0 Å². The molecule has 0 aliphatic rings. The Balaban J connectivity index is 2.31. The van der Waals surface area contributed by atoms with E-state index in [0.717, 1.165) is 34.7 Å². The third-order valence-electron chi connectivity index (χ3n) is 2.67. The molecule has 0 spiro atoms. The van der Waals surface area contributed by atoms with Crippen molar-refractivity contribution < 1.29 is 4.74 Å². The zero-order valence-corrected chi connectivity index (χ0v) is 12.7. The molecule has 1 aromatic carbocycles. The monoisotopic (exact) mass is 318 g/mol. The lowest BCUT2D eigenvalue weighted by atomic mass is 10.2. The van der Waals surface area contributed by atoms with E-state index < -0.39 is 0 Å². The molecule has 0 N–H and O–H groups in total. The van der Waals surface area contributed by atoms with Gasteiger partial charge < -0.3 is 4.74 Å². The van der Waals surface area contributed by atoms with Crippen LogP contribution in [0.15, 0.2) is 18.2 Å². The Bertz CT molecular complexity index is 328. The molecule has 0 amide bonds. The standard InChI is InChI=1S/C14H20BrClO/c1-2-3-4-5-6-9-17-14-8-7-13(16)10-12(14)11-15/h7-8,10H,2-6,9,11H2,1H3. The smallest absolute Gasteiger partial charge is 0.123 e. The van der Waals surface area contributed by atoms with Crippen LogP contribution in [0.5, 0.6) is 5.75 Å². The third kappa shape index (κ3) is 5.78. The quantitative estimate of drug-likeness (QED) is 0.448. The zero-order chi connectivity index (χ0) is 12.5. The molecule has 0 atom stereocenters. The molecule has 0 heterocycles. The van der Waals surface area contributed by atoms with Crippen LogP contribution >= 0.6 is 27.5 Å². The summed E-state index contributed by atoms with van der Waals surface area (Å²) in [5.74, 6) is 0.946. The first-order chi connectivity index (χ1) is 8.27. The van der Waals surface area contributed by atoms with Crippen LogP contribution in [0.25, 0.3) is 0 Å². The summed E-state index contributed by atoms with van der Waals surface area (Å²) in [6.45, 7) is 3.03. The van der Waals surface area contributed by atoms with Gasteiger partial charge in [0.1, 0.15) is 5.75 Å². The van der Waals surface area contributed by atoms with E-state index in [1.165, 1.54) is 25.7 Å². The van der Waals surface area contributed by atoms with Crippen molar-refractivity contribution in [2.75, 3.05) is 6.61 Å². The van der Waals surface area contributed by atoms with Gasteiger partial charge in [-0.05, 0) is 24.6 Å². The van der Waals surface area contributed by atoms with Crippen LogP contribution in [0.4, 0.5) is 0 Å². The average molecular weight is 320 g/mol. The largest absolute Gasteiger partial charge is 0.493 e. The van der Waals surface area contributed by atoms with Crippen molar-refractivity contribution in [2.24, 2.45) is 0 Å². The Hall–Kier alpha value is -0.210. The van der Waals surface area contributed by atoms with E-state index in [4.69, 9.17) is 16.3 Å². The van der Waals surface area contributed by atoms with Gasteiger partial charge in [0.05, 0.1) is 6.61 Å². The maximum atomic E-state index is 5.94. The highest BCUT2D eigenvalue weighted by molar-refractivity contribution is 9.08. The Morgan fingerprint density at radius 2 is 1.94 bits per heavy atom. The van der Waals surface area contributed by atoms with E-state index in [-0.39, 0.29) is 0 Å². The molecule has 0 aliphatic carbocycles. The minimum absolute atomic E-state index is 0.759. The Kier molecular flexibility index (Phi) is 7.70. The summed E-state index contributed by atoms with van der Waals surface area (Å²) in [6, 6.07) is 5.77. The van der Waals surface area contributed by atoms with E-state index in [9.17, 15) is 0 Å². The van der Waals surface area contributed by atoms with Crippen LogP contribution in [-0.4, -0.2) is 6.61 Å². The van der Waals surface area contributed by atoms with Gasteiger partial charge in [-0.2, -0.15) is 0 Å². The van der Waals surface area contributed by atoms with Crippen LogP contribution in [-0.2, 0) is 5.33 Å². The second-order valence-electron chi connectivity index (χ2n) is 4.15. The van der Waals surface area contributed by atoms with Crippen molar-refractivity contribution in [1.29, 1.82) is 0 Å². The van der Waals surface area contributed by atoms with Crippen LogP contribution in [0.2, 0.25) is 5.02 Å². The van der Waals surface area contributed by atoms with Gasteiger partial charge in [-0.25, -0.2) is 0 Å². The molecule has 0 unspecified atom stereocenters. The molecule has 0 bridgehead atoms. The molecule has 1 aromatic rings. The maximum Gasteiger partial charge on any atom is 0.123 e. The van der Waals surface area contributed by atoms with Gasteiger partial charge >= 0.3 is 0 Å². The highest BCUT2D eigenvalue weighted by atomic mass is 79.9. The number of hydrogen-bond acceptors (Lipinski definition) is 1. The molecule has 0 aromatic heterocycles. The molecule has 0 saturated heterocycles. The fourth-order valence-corrected chi connectivity index (χ4v) is 2.31. The van der Waals surface area contributed by atoms with Gasteiger partial charge in [0.25, 0.3) is 0 Å². The molecular weight excluding hydrogens is 300 g/mol. The summed E-state index contributed by atoms with van der Waals surface area (Å²) < 4.78 is 5.77. The summed E-state index contributed by atoms with van der Waals surface area (Å²) in [4.78, 5) is 0. The molecule has 3 heteroatoms. The predicted molar refractivity (Wildman–Crippen MR) is 78.3 cm³/mol. The third-order valence-corrected chi connectivity index (χ3v) is 3.51. The average Bonchev–Trinajstić information content (AvgIpc) is 2.35. The fraction of sp³-hybridized carbons (Fsp3) is 0.571. The lowest BCUT2D eigenvalue weighted by molar-refractivity contribution is 0.302. The molecular formula is C14H20BrClO. The zero-order valence-electron chi connectivity index (χ0n) is 10.3. The van der Waals surface area contributed by atoms with Crippen LogP contribution < -0.4 is 4.74 Å². The summed E-state index contributed by atoms with van der Waals surface area (Å²) in [7, 11) is 0. The van der Waals surface area contributed by atoms with Crippen molar-refractivity contribution in [3.8, 4) is 5.75 Å². The molecule has 96 valence electrons. The molecule has 0 aliphatic heterocycles. The normalized spacial score (nSPS) is 10.5. The first-order valence-electron chi connectivity index (χ1n) is 6.25. The van der Waals surface area contributed by atoms with Gasteiger partial charge in [0, 0.05) is 15.9 Å². The first kappa shape index (κ1) is 14.8. The lowest BCUT2D eigenvalue weighted by Gasteiger charge is -2.10. The minimum Gasteiger partial charge on any atom is -0.493 e. The minimum atomic E-state index is 0.759. The Morgan fingerprint density at radius 1 is 1.18 bits per heavy atom. The van der Waals surface area contributed by atoms with Crippen LogP contribution in [0.1, 0.15) is 44.6 Å². The van der Waals surface area contributed by atoms with Gasteiger partial charge in [-0.3, -0.25) is 0 Å². The molecule has 1 nitrogen and oxygen atoms in total. The van der Waals surface area contributed by atoms with E-state index in [0.29, 0.717) is 0 Å². The van der Waals surface area contributed by atoms with E-state index >= 15 is 0 Å². The van der Waals surface area contributed by atoms with Crippen molar-refractivity contribution >= 4 is 27.5 Å². The Morgan fingerprint density at radius 3 is 2.65 bits per heavy atom. The summed E-state index contributed by atoms with van der Waals surface area (Å²) >= 11 is 9.38. The van der Waals surface area contributed by atoms with Crippen molar-refractivity contribution in [2.45, 2.75) is 44.4 Å². The number of halogens is 2. The van der Waals surface area contributed by atoms with Gasteiger partial charge in [0.15, 0.2) is 0 Å². The van der Waals surface area contributed by atoms with Crippen molar-refractivity contribution in [3.63, 3.8) is 0 Å². The van der Waals surface area contributed by atoms with Gasteiger partial charge in [-0.1, -0.05) is 60.1 Å². The molecule has 0 fully saturated rings. The Labute approximate surface area is 118 Å². The van der Waals surface area contributed by atoms with Gasteiger partial charge in [0.2, 0.25) is 0 Å². The number of hydrogen-bond donors (Lipinski definition) is 0. The fourth-order valence-electron chi connectivity index (χ4n) is 1.68. The number of benzene rings is 1. The van der Waals surface area contributed by atoms with Gasteiger partial charge in [-0.15, -0.1) is 0 Å².